The third-order valence-electron chi connectivity index (χ3n) is 9.02. The molecule has 6 heteroatoms. The van der Waals surface area contributed by atoms with Crippen LogP contribution in [0.2, 0.25) is 0 Å². The van der Waals surface area contributed by atoms with Gasteiger partial charge < -0.3 is 43.4 Å². The Labute approximate surface area is 323 Å². The molecule has 0 radical (unpaired) electrons. The summed E-state index contributed by atoms with van der Waals surface area (Å²) in [6.07, 6.45) is 0.511. The molecule has 0 saturated heterocycles. The second-order valence-electron chi connectivity index (χ2n) is 12.2. The molecule has 0 atom stereocenters. The van der Waals surface area contributed by atoms with Crippen molar-refractivity contribution < 1.29 is 43.4 Å². The molecule has 6 aromatic carbocycles. The summed E-state index contributed by atoms with van der Waals surface area (Å²) in [6.45, 7) is 0. The summed E-state index contributed by atoms with van der Waals surface area (Å²) < 4.78 is 13.8. The minimum Gasteiger partial charge on any atom is -1.00 e. The molecule has 2 aliphatic heterocycles. The second-order valence-corrected chi connectivity index (χ2v) is 18.4. The summed E-state index contributed by atoms with van der Waals surface area (Å²) in [5, 5.41) is 5.15. The van der Waals surface area contributed by atoms with Crippen molar-refractivity contribution in [1.29, 1.82) is 0 Å². The van der Waals surface area contributed by atoms with Crippen molar-refractivity contribution >= 4 is 47.3 Å². The molecule has 0 bridgehead atoms. The Morgan fingerprint density at radius 3 is 0.843 bits per heavy atom. The van der Waals surface area contributed by atoms with Gasteiger partial charge in [0.1, 0.15) is 70.5 Å². The Bertz CT molecular complexity index is 1930. The average Bonchev–Trinajstić information content (AvgIpc) is 3.19. The lowest BCUT2D eigenvalue weighted by Crippen LogP contribution is -3.00. The van der Waals surface area contributed by atoms with Crippen LogP contribution in [0.1, 0.15) is 17.5 Å². The van der Waals surface area contributed by atoms with E-state index in [-0.39, 0.29) is 34.0 Å². The van der Waals surface area contributed by atoms with Crippen molar-refractivity contribution in [3.05, 3.63) is 228 Å². The molecule has 2 nitrogen and oxygen atoms in total. The van der Waals surface area contributed by atoms with Crippen molar-refractivity contribution in [2.75, 3.05) is 0 Å². The van der Waals surface area contributed by atoms with Crippen LogP contribution in [0.3, 0.4) is 0 Å². The van der Waals surface area contributed by atoms with Gasteiger partial charge in [0.05, 0.1) is 6.42 Å². The van der Waals surface area contributed by atoms with Crippen LogP contribution in [-0.2, 0) is 9.47 Å². The molecular formula is C45H36Br2O2P2. The minimum atomic E-state index is -2.20. The fraction of sp³-hybridized carbons (Fsp3) is 0.0222. The molecule has 2 aliphatic rings. The second kappa shape index (κ2) is 16.4. The van der Waals surface area contributed by atoms with Crippen LogP contribution in [-0.4, -0.2) is 0 Å². The van der Waals surface area contributed by atoms with Crippen LogP contribution < -0.4 is 55.2 Å². The lowest BCUT2D eigenvalue weighted by atomic mass is 10.2. The lowest BCUT2D eigenvalue weighted by molar-refractivity contribution is -0.001000. The third-order valence-corrected chi connectivity index (χ3v) is 16.3. The van der Waals surface area contributed by atoms with Gasteiger partial charge in [0, 0.05) is 11.1 Å². The van der Waals surface area contributed by atoms with Gasteiger partial charge in [0.2, 0.25) is 0 Å². The smallest absolute Gasteiger partial charge is 0.170 e. The molecule has 0 fully saturated rings. The molecular weight excluding hydrogens is 794 g/mol. The van der Waals surface area contributed by atoms with Crippen LogP contribution in [0.25, 0.3) is 11.5 Å². The number of benzene rings is 6. The Morgan fingerprint density at radius 1 is 0.314 bits per heavy atom. The predicted molar refractivity (Wildman–Crippen MR) is 210 cm³/mol. The molecule has 0 amide bonds. The quantitative estimate of drug-likeness (QED) is 0.211. The summed E-state index contributed by atoms with van der Waals surface area (Å²) in [7, 11) is -4.40. The Hall–Kier alpha value is -4.30. The molecule has 0 saturated carbocycles. The Balaban J connectivity index is 0.00000224. The number of hydrogen-bond donors (Lipinski definition) is 0. The van der Waals surface area contributed by atoms with E-state index in [1.54, 1.807) is 0 Å². The van der Waals surface area contributed by atoms with Gasteiger partial charge in [-0.2, -0.15) is 0 Å². The van der Waals surface area contributed by atoms with Gasteiger partial charge in [-0.05, 0) is 48.5 Å². The standard InChI is InChI=1S/C45H36O2P2.2BrH/c1-7-19-36(20-8-1)44-34-48(40-23-11-3-12-24-40,41-25-13-4-14-26-41)32-38(46-44)31-39-33-49(42-27-15-5-16-28-42,43-29-17-6-18-30-43)35-45(47-39)37-21-9-2-10-22-37;;/h1-30,32-35H,31H2;2*1H/q+2;;/p-2. The summed E-state index contributed by atoms with van der Waals surface area (Å²) >= 11 is 0. The van der Waals surface area contributed by atoms with Crippen LogP contribution in [0.15, 0.2) is 217 Å². The van der Waals surface area contributed by atoms with E-state index in [2.05, 4.69) is 205 Å². The highest BCUT2D eigenvalue weighted by Gasteiger charge is 2.47. The van der Waals surface area contributed by atoms with Crippen molar-refractivity contribution in [3.63, 3.8) is 0 Å². The van der Waals surface area contributed by atoms with Gasteiger partial charge in [0.15, 0.2) is 11.5 Å². The summed E-state index contributed by atoms with van der Waals surface area (Å²) in [5.41, 5.74) is 2.12. The topological polar surface area (TPSA) is 18.5 Å². The minimum absolute atomic E-state index is 0. The van der Waals surface area contributed by atoms with Gasteiger partial charge in [0.25, 0.3) is 0 Å². The first kappa shape index (κ1) is 36.5. The molecule has 0 N–H and O–H groups in total. The van der Waals surface area contributed by atoms with Crippen LogP contribution in [0.5, 0.6) is 0 Å². The van der Waals surface area contributed by atoms with Gasteiger partial charge >= 0.3 is 0 Å². The fourth-order valence-corrected chi connectivity index (χ4v) is 13.6. The normalized spacial score (nSPS) is 15.5. The maximum atomic E-state index is 6.92. The first-order valence-electron chi connectivity index (χ1n) is 16.6. The van der Waals surface area contributed by atoms with E-state index in [1.807, 2.05) is 0 Å². The van der Waals surface area contributed by atoms with E-state index >= 15 is 0 Å². The van der Waals surface area contributed by atoms with Crippen molar-refractivity contribution in [2.24, 2.45) is 0 Å². The SMILES string of the molecule is C1=C(CC2=C[P+](c3ccccc3)(c3ccccc3)C=C(c3ccccc3)O2)OC(c2ccccc2)=C[P+]1(c1ccccc1)c1ccccc1.[Br-].[Br-]. The molecule has 0 aliphatic carbocycles. The zero-order valence-corrected chi connectivity index (χ0v) is 32.8. The molecule has 2 heterocycles. The van der Waals surface area contributed by atoms with E-state index < -0.39 is 14.5 Å². The Kier molecular flexibility index (Phi) is 11.7. The van der Waals surface area contributed by atoms with E-state index in [9.17, 15) is 0 Å². The van der Waals surface area contributed by atoms with E-state index in [1.165, 1.54) is 21.2 Å². The van der Waals surface area contributed by atoms with Crippen molar-refractivity contribution in [1.82, 2.24) is 0 Å². The number of hydrogen-bond acceptors (Lipinski definition) is 2. The van der Waals surface area contributed by atoms with Gasteiger partial charge in [-0.3, -0.25) is 0 Å². The highest BCUT2D eigenvalue weighted by Crippen LogP contribution is 2.66. The summed E-state index contributed by atoms with van der Waals surface area (Å²) in [4.78, 5) is 0. The van der Waals surface area contributed by atoms with Gasteiger partial charge in [-0.15, -0.1) is 0 Å². The molecule has 0 unspecified atom stereocenters. The maximum Gasteiger partial charge on any atom is 0.170 e. The molecule has 0 aromatic heterocycles. The predicted octanol–water partition coefficient (Wildman–Crippen LogP) is 4.46. The fourth-order valence-electron chi connectivity index (χ4n) is 6.69. The van der Waals surface area contributed by atoms with Gasteiger partial charge in [-0.25, -0.2) is 0 Å². The van der Waals surface area contributed by atoms with Crippen molar-refractivity contribution in [3.8, 4) is 0 Å². The number of halogens is 2. The highest BCUT2D eigenvalue weighted by molar-refractivity contribution is 7.95. The van der Waals surface area contributed by atoms with Crippen LogP contribution in [0, 0.1) is 0 Å². The van der Waals surface area contributed by atoms with E-state index in [4.69, 9.17) is 9.47 Å². The lowest BCUT2D eigenvalue weighted by Gasteiger charge is -2.29. The molecule has 0 spiro atoms. The van der Waals surface area contributed by atoms with E-state index in [0.29, 0.717) is 6.42 Å². The average molecular weight is 831 g/mol. The van der Waals surface area contributed by atoms with Crippen LogP contribution >= 0.6 is 14.5 Å². The number of ether oxygens (including phenoxy) is 2. The third kappa shape index (κ3) is 7.52. The number of rotatable bonds is 8. The Morgan fingerprint density at radius 2 is 0.569 bits per heavy atom. The largest absolute Gasteiger partial charge is 1.00 e. The highest BCUT2D eigenvalue weighted by atomic mass is 79.9. The van der Waals surface area contributed by atoms with Crippen molar-refractivity contribution in [2.45, 2.75) is 6.42 Å². The first-order chi connectivity index (χ1) is 24.2. The van der Waals surface area contributed by atoms with E-state index in [0.717, 1.165) is 34.2 Å². The summed E-state index contributed by atoms with van der Waals surface area (Å²) in [6, 6.07) is 64.5. The zero-order chi connectivity index (χ0) is 32.9. The monoisotopic (exact) mass is 828 g/mol. The van der Waals surface area contributed by atoms with Gasteiger partial charge in [-0.1, -0.05) is 133 Å². The molecule has 252 valence electrons. The first-order valence-corrected chi connectivity index (χ1v) is 20.4. The molecule has 8 rings (SSSR count). The molecule has 51 heavy (non-hydrogen) atoms. The zero-order valence-electron chi connectivity index (χ0n) is 27.8. The van der Waals surface area contributed by atoms with Crippen LogP contribution in [0.4, 0.5) is 0 Å². The maximum absolute atomic E-state index is 6.92. The summed E-state index contributed by atoms with van der Waals surface area (Å²) in [5.74, 6) is 13.1. The molecule has 6 aromatic rings.